The second-order valence-electron chi connectivity index (χ2n) is 5.77. The quantitative estimate of drug-likeness (QED) is 0.575. The fourth-order valence-corrected chi connectivity index (χ4v) is 4.10. The van der Waals surface area contributed by atoms with Crippen molar-refractivity contribution < 1.29 is 26.4 Å². The number of imidazole rings is 1. The molecule has 1 amide bonds. The molecule has 0 aliphatic rings. The number of thioether (sulfide) groups is 1. The van der Waals surface area contributed by atoms with Gasteiger partial charge in [-0.1, -0.05) is 23.4 Å². The fourth-order valence-electron chi connectivity index (χ4n) is 2.51. The van der Waals surface area contributed by atoms with Gasteiger partial charge in [-0.15, -0.1) is 0 Å². The van der Waals surface area contributed by atoms with Gasteiger partial charge in [0.25, 0.3) is 5.91 Å². The van der Waals surface area contributed by atoms with Crippen molar-refractivity contribution in [2.45, 2.75) is 16.2 Å². The molecule has 1 heterocycles. The topological polar surface area (TPSA) is 107 Å². The highest BCUT2D eigenvalue weighted by molar-refractivity contribution is 7.98. The summed E-state index contributed by atoms with van der Waals surface area (Å²) in [7, 11) is -4.16. The summed E-state index contributed by atoms with van der Waals surface area (Å²) in [6, 6.07) is 6.42. The van der Waals surface area contributed by atoms with Gasteiger partial charge in [0.2, 0.25) is 10.0 Å². The molecule has 0 saturated heterocycles. The summed E-state index contributed by atoms with van der Waals surface area (Å²) in [5.74, 6) is -0.735. The van der Waals surface area contributed by atoms with E-state index >= 15 is 0 Å². The minimum absolute atomic E-state index is 0.0332. The maximum Gasteiger partial charge on any atom is 0.416 e. The van der Waals surface area contributed by atoms with E-state index in [1.165, 1.54) is 22.9 Å². The SMILES string of the molecule is CSc1nc2cc(C(F)(F)F)ccc2n1NC(=O)c1ccc(Cl)c(S(N)(=O)=O)c1. The molecule has 0 atom stereocenters. The summed E-state index contributed by atoms with van der Waals surface area (Å²) in [6.45, 7) is 0. The first-order valence-electron chi connectivity index (χ1n) is 7.69. The van der Waals surface area contributed by atoms with Gasteiger partial charge in [0.05, 0.1) is 21.6 Å². The Hall–Kier alpha value is -2.28. The highest BCUT2D eigenvalue weighted by atomic mass is 35.5. The molecule has 0 aliphatic heterocycles. The Morgan fingerprint density at radius 1 is 1.24 bits per heavy atom. The summed E-state index contributed by atoms with van der Waals surface area (Å²) in [6.07, 6.45) is -2.90. The van der Waals surface area contributed by atoms with E-state index in [-0.39, 0.29) is 26.8 Å². The zero-order valence-corrected chi connectivity index (χ0v) is 16.9. The molecule has 0 aliphatic carbocycles. The smallest absolute Gasteiger partial charge is 0.267 e. The molecule has 0 fully saturated rings. The van der Waals surface area contributed by atoms with Crippen LogP contribution in [0.4, 0.5) is 13.2 Å². The van der Waals surface area contributed by atoms with Gasteiger partial charge in [-0.2, -0.15) is 13.2 Å². The molecule has 7 nitrogen and oxygen atoms in total. The van der Waals surface area contributed by atoms with E-state index in [1.807, 2.05) is 0 Å². The third-order valence-corrected chi connectivity index (χ3v) is 5.88. The Balaban J connectivity index is 2.03. The van der Waals surface area contributed by atoms with E-state index in [9.17, 15) is 26.4 Å². The summed E-state index contributed by atoms with van der Waals surface area (Å²) >= 11 is 6.90. The van der Waals surface area contributed by atoms with Gasteiger partial charge < -0.3 is 0 Å². The number of halogens is 4. The van der Waals surface area contributed by atoms with Gasteiger partial charge in [0.1, 0.15) is 4.90 Å². The third-order valence-electron chi connectivity index (χ3n) is 3.85. The molecule has 0 bridgehead atoms. The number of hydrogen-bond acceptors (Lipinski definition) is 5. The van der Waals surface area contributed by atoms with Crippen LogP contribution in [-0.2, 0) is 16.2 Å². The van der Waals surface area contributed by atoms with E-state index in [2.05, 4.69) is 10.4 Å². The molecule has 3 N–H and O–H groups in total. The number of carbonyl (C=O) groups excluding carboxylic acids is 1. The van der Waals surface area contributed by atoms with Crippen molar-refractivity contribution in [1.82, 2.24) is 9.66 Å². The van der Waals surface area contributed by atoms with E-state index in [0.29, 0.717) is 0 Å². The predicted molar refractivity (Wildman–Crippen MR) is 103 cm³/mol. The van der Waals surface area contributed by atoms with Crippen molar-refractivity contribution in [3.8, 4) is 0 Å². The highest BCUT2D eigenvalue weighted by Gasteiger charge is 2.31. The maximum absolute atomic E-state index is 12.9. The molecule has 3 rings (SSSR count). The van der Waals surface area contributed by atoms with Crippen LogP contribution in [0.25, 0.3) is 11.0 Å². The number of rotatable bonds is 4. The van der Waals surface area contributed by atoms with Crippen LogP contribution >= 0.6 is 23.4 Å². The fraction of sp³-hybridized carbons (Fsp3) is 0.125. The number of hydrogen-bond donors (Lipinski definition) is 2. The van der Waals surface area contributed by atoms with Crippen LogP contribution in [0, 0.1) is 0 Å². The summed E-state index contributed by atoms with van der Waals surface area (Å²) in [5.41, 5.74) is 1.82. The molecule has 0 saturated carbocycles. The largest absolute Gasteiger partial charge is 0.416 e. The van der Waals surface area contributed by atoms with Gasteiger partial charge in [0.15, 0.2) is 5.16 Å². The lowest BCUT2D eigenvalue weighted by molar-refractivity contribution is -0.137. The lowest BCUT2D eigenvalue weighted by atomic mass is 10.2. The molecular weight excluding hydrogens is 453 g/mol. The van der Waals surface area contributed by atoms with E-state index in [4.69, 9.17) is 16.7 Å². The normalized spacial score (nSPS) is 12.3. The zero-order chi connectivity index (χ0) is 21.6. The van der Waals surface area contributed by atoms with E-state index in [1.54, 1.807) is 6.26 Å². The van der Waals surface area contributed by atoms with Crippen LogP contribution in [0.2, 0.25) is 5.02 Å². The number of carbonyl (C=O) groups is 1. The number of alkyl halides is 3. The molecule has 0 spiro atoms. The number of nitrogens with two attached hydrogens (primary N) is 1. The van der Waals surface area contributed by atoms with Crippen molar-refractivity contribution in [2.75, 3.05) is 11.7 Å². The Kier molecular flexibility index (Phi) is 5.56. The minimum Gasteiger partial charge on any atom is -0.267 e. The van der Waals surface area contributed by atoms with Crippen LogP contribution in [-0.4, -0.2) is 30.2 Å². The molecule has 13 heteroatoms. The molecule has 1 aromatic heterocycles. The molecule has 154 valence electrons. The molecule has 3 aromatic rings. The first-order chi connectivity index (χ1) is 13.4. The summed E-state index contributed by atoms with van der Waals surface area (Å²) < 4.78 is 63.2. The Morgan fingerprint density at radius 3 is 2.52 bits per heavy atom. The minimum atomic E-state index is -4.53. The van der Waals surface area contributed by atoms with Crippen LogP contribution in [0.3, 0.4) is 0 Å². The van der Waals surface area contributed by atoms with Crippen molar-refractivity contribution in [2.24, 2.45) is 5.14 Å². The first kappa shape index (κ1) is 21.4. The number of aromatic nitrogens is 2. The number of nitrogens with one attached hydrogen (secondary N) is 1. The van der Waals surface area contributed by atoms with E-state index in [0.717, 1.165) is 30.0 Å². The second-order valence-corrected chi connectivity index (χ2v) is 8.48. The average Bonchev–Trinajstić information content (AvgIpc) is 2.97. The molecule has 29 heavy (non-hydrogen) atoms. The molecular formula is C16H12ClF3N4O3S2. The first-order valence-corrected chi connectivity index (χ1v) is 10.8. The van der Waals surface area contributed by atoms with Gasteiger partial charge in [-0.3, -0.25) is 10.2 Å². The number of amides is 1. The van der Waals surface area contributed by atoms with Gasteiger partial charge in [0, 0.05) is 5.56 Å². The van der Waals surface area contributed by atoms with Crippen LogP contribution in [0.1, 0.15) is 15.9 Å². The van der Waals surface area contributed by atoms with Crippen molar-refractivity contribution in [3.05, 3.63) is 52.5 Å². The lowest BCUT2D eigenvalue weighted by Gasteiger charge is -2.11. The Morgan fingerprint density at radius 2 is 1.93 bits per heavy atom. The van der Waals surface area contributed by atoms with Gasteiger partial charge in [-0.25, -0.2) is 23.2 Å². The highest BCUT2D eigenvalue weighted by Crippen LogP contribution is 2.32. The number of fused-ring (bicyclic) bond motifs is 1. The average molecular weight is 465 g/mol. The summed E-state index contributed by atoms with van der Waals surface area (Å²) in [5, 5.41) is 5.16. The van der Waals surface area contributed by atoms with Crippen LogP contribution in [0.5, 0.6) is 0 Å². The maximum atomic E-state index is 12.9. The van der Waals surface area contributed by atoms with Crippen molar-refractivity contribution in [1.29, 1.82) is 0 Å². The lowest BCUT2D eigenvalue weighted by Crippen LogP contribution is -2.24. The number of sulfonamides is 1. The van der Waals surface area contributed by atoms with Gasteiger partial charge >= 0.3 is 6.18 Å². The standard InChI is InChI=1S/C16H12ClF3N4O3S2/c1-28-15-22-11-7-9(16(18,19)20)3-5-12(11)24(15)23-14(25)8-2-4-10(17)13(6-8)29(21,26)27/h2-7H,1H3,(H,23,25)(H2,21,26,27). The van der Waals surface area contributed by atoms with Gasteiger partial charge in [-0.05, 0) is 42.7 Å². The molecule has 0 unspecified atom stereocenters. The molecule has 0 radical (unpaired) electrons. The van der Waals surface area contributed by atoms with Crippen LogP contribution in [0.15, 0.2) is 46.5 Å². The Bertz CT molecular complexity index is 1230. The predicted octanol–water partition coefficient (Wildman–Crippen LogP) is 3.46. The Labute approximate surface area is 172 Å². The van der Waals surface area contributed by atoms with E-state index < -0.39 is 32.6 Å². The number of benzene rings is 2. The summed E-state index contributed by atoms with van der Waals surface area (Å²) in [4.78, 5) is 16.3. The zero-order valence-electron chi connectivity index (χ0n) is 14.5. The van der Waals surface area contributed by atoms with Crippen molar-refractivity contribution in [3.63, 3.8) is 0 Å². The molecule has 2 aromatic carbocycles. The van der Waals surface area contributed by atoms with Crippen molar-refractivity contribution >= 4 is 50.3 Å². The number of primary sulfonamides is 1. The number of nitrogens with zero attached hydrogens (tertiary/aromatic N) is 2. The van der Waals surface area contributed by atoms with Crippen LogP contribution < -0.4 is 10.6 Å². The third kappa shape index (κ3) is 4.34. The monoisotopic (exact) mass is 464 g/mol. The second kappa shape index (κ2) is 7.52.